The maximum atomic E-state index is 5.67. The quantitative estimate of drug-likeness (QED) is 0.804. The van der Waals surface area contributed by atoms with Crippen LogP contribution >= 0.6 is 12.2 Å². The SMILES string of the molecule is CC1CCC(Nc2nnccc2C(N)=S)CC1. The highest BCUT2D eigenvalue weighted by Crippen LogP contribution is 2.26. The van der Waals surface area contributed by atoms with Crippen LogP contribution in [0, 0.1) is 5.92 Å². The molecule has 0 aliphatic heterocycles. The second-order valence-electron chi connectivity index (χ2n) is 4.76. The lowest BCUT2D eigenvalue weighted by atomic mass is 9.87. The Bertz CT molecular complexity index is 399. The first-order valence-electron chi connectivity index (χ1n) is 6.05. The molecule has 1 fully saturated rings. The van der Waals surface area contributed by atoms with E-state index in [4.69, 9.17) is 18.0 Å². The van der Waals surface area contributed by atoms with Crippen molar-refractivity contribution >= 4 is 23.0 Å². The van der Waals surface area contributed by atoms with Crippen molar-refractivity contribution in [3.63, 3.8) is 0 Å². The van der Waals surface area contributed by atoms with Crippen LogP contribution in [0.3, 0.4) is 0 Å². The van der Waals surface area contributed by atoms with Crippen LogP contribution in [0.2, 0.25) is 0 Å². The molecule has 0 amide bonds. The lowest BCUT2D eigenvalue weighted by molar-refractivity contribution is 0.360. The maximum absolute atomic E-state index is 5.67. The molecule has 0 unspecified atom stereocenters. The van der Waals surface area contributed by atoms with Gasteiger partial charge >= 0.3 is 0 Å². The van der Waals surface area contributed by atoms with Crippen LogP contribution in [-0.2, 0) is 0 Å². The fourth-order valence-electron chi connectivity index (χ4n) is 2.23. The van der Waals surface area contributed by atoms with Crippen LogP contribution < -0.4 is 11.1 Å². The standard InChI is InChI=1S/C12H18N4S/c1-8-2-4-9(5-3-8)15-12-10(11(13)17)6-7-14-16-12/h6-9H,2-5H2,1H3,(H2,13,17)(H,15,16). The van der Waals surface area contributed by atoms with Gasteiger partial charge in [0.2, 0.25) is 0 Å². The number of anilines is 1. The first-order chi connectivity index (χ1) is 8.16. The number of aromatic nitrogens is 2. The summed E-state index contributed by atoms with van der Waals surface area (Å²) < 4.78 is 0. The van der Waals surface area contributed by atoms with Crippen molar-refractivity contribution in [1.82, 2.24) is 10.2 Å². The van der Waals surface area contributed by atoms with Crippen LogP contribution in [0.25, 0.3) is 0 Å². The number of hydrogen-bond acceptors (Lipinski definition) is 4. The highest BCUT2D eigenvalue weighted by atomic mass is 32.1. The molecule has 0 atom stereocenters. The van der Waals surface area contributed by atoms with Gasteiger partial charge in [-0.1, -0.05) is 19.1 Å². The Morgan fingerprint density at radius 1 is 1.41 bits per heavy atom. The summed E-state index contributed by atoms with van der Waals surface area (Å²) in [5.74, 6) is 1.56. The molecule has 92 valence electrons. The first-order valence-corrected chi connectivity index (χ1v) is 6.45. The molecule has 1 aromatic heterocycles. The van der Waals surface area contributed by atoms with Crippen molar-refractivity contribution < 1.29 is 0 Å². The second kappa shape index (κ2) is 5.40. The Balaban J connectivity index is 2.05. The van der Waals surface area contributed by atoms with Gasteiger partial charge in [0, 0.05) is 6.04 Å². The van der Waals surface area contributed by atoms with E-state index in [1.54, 1.807) is 6.20 Å². The van der Waals surface area contributed by atoms with Crippen molar-refractivity contribution in [2.75, 3.05) is 5.32 Å². The summed E-state index contributed by atoms with van der Waals surface area (Å²) in [5, 5.41) is 11.4. The molecule has 17 heavy (non-hydrogen) atoms. The van der Waals surface area contributed by atoms with E-state index in [2.05, 4.69) is 22.4 Å². The first kappa shape index (κ1) is 12.2. The summed E-state index contributed by atoms with van der Waals surface area (Å²) in [7, 11) is 0. The number of nitrogens with one attached hydrogen (secondary N) is 1. The monoisotopic (exact) mass is 250 g/mol. The van der Waals surface area contributed by atoms with Gasteiger partial charge in [0.15, 0.2) is 5.82 Å². The molecular weight excluding hydrogens is 232 g/mol. The summed E-state index contributed by atoms with van der Waals surface area (Å²) >= 11 is 5.01. The topological polar surface area (TPSA) is 63.8 Å². The van der Waals surface area contributed by atoms with Gasteiger partial charge in [-0.2, -0.15) is 5.10 Å². The van der Waals surface area contributed by atoms with Gasteiger partial charge in [-0.05, 0) is 37.7 Å². The van der Waals surface area contributed by atoms with Crippen LogP contribution in [0.15, 0.2) is 12.3 Å². The molecule has 1 saturated carbocycles. The average molecular weight is 250 g/mol. The number of nitrogens with zero attached hydrogens (tertiary/aromatic N) is 2. The molecule has 0 aromatic carbocycles. The molecule has 0 bridgehead atoms. The van der Waals surface area contributed by atoms with E-state index in [9.17, 15) is 0 Å². The van der Waals surface area contributed by atoms with E-state index in [1.807, 2.05) is 6.07 Å². The molecule has 2 rings (SSSR count). The minimum atomic E-state index is 0.367. The van der Waals surface area contributed by atoms with Crippen molar-refractivity contribution in [3.8, 4) is 0 Å². The minimum absolute atomic E-state index is 0.367. The largest absolute Gasteiger partial charge is 0.389 e. The highest BCUT2D eigenvalue weighted by Gasteiger charge is 2.19. The van der Waals surface area contributed by atoms with E-state index in [-0.39, 0.29) is 0 Å². The Morgan fingerprint density at radius 2 is 2.12 bits per heavy atom. The Labute approximate surface area is 107 Å². The fourth-order valence-corrected chi connectivity index (χ4v) is 2.40. The molecular formula is C12H18N4S. The summed E-state index contributed by atoms with van der Waals surface area (Å²) in [6.07, 6.45) is 6.49. The number of thiocarbonyl (C=S) groups is 1. The molecule has 0 radical (unpaired) electrons. The second-order valence-corrected chi connectivity index (χ2v) is 5.20. The summed E-state index contributed by atoms with van der Waals surface area (Å²) in [4.78, 5) is 0.367. The van der Waals surface area contributed by atoms with Crippen molar-refractivity contribution in [1.29, 1.82) is 0 Å². The predicted octanol–water partition coefficient (Wildman–Crippen LogP) is 2.10. The molecule has 1 aromatic rings. The third-order valence-corrected chi connectivity index (χ3v) is 3.56. The maximum Gasteiger partial charge on any atom is 0.159 e. The number of rotatable bonds is 3. The predicted molar refractivity (Wildman–Crippen MR) is 73.0 cm³/mol. The van der Waals surface area contributed by atoms with Gasteiger partial charge in [0.1, 0.15) is 4.99 Å². The molecule has 1 heterocycles. The molecule has 0 saturated heterocycles. The highest BCUT2D eigenvalue weighted by molar-refractivity contribution is 7.80. The molecule has 5 heteroatoms. The van der Waals surface area contributed by atoms with Gasteiger partial charge in [-0.25, -0.2) is 0 Å². The summed E-state index contributed by atoms with van der Waals surface area (Å²) in [6, 6.07) is 2.28. The third kappa shape index (κ3) is 3.12. The lowest BCUT2D eigenvalue weighted by Crippen LogP contribution is -2.27. The fraction of sp³-hybridized carbons (Fsp3) is 0.583. The third-order valence-electron chi connectivity index (χ3n) is 3.34. The Morgan fingerprint density at radius 3 is 2.76 bits per heavy atom. The molecule has 1 aliphatic carbocycles. The lowest BCUT2D eigenvalue weighted by Gasteiger charge is -2.27. The van der Waals surface area contributed by atoms with E-state index < -0.39 is 0 Å². The molecule has 0 spiro atoms. The summed E-state index contributed by atoms with van der Waals surface area (Å²) in [6.45, 7) is 2.30. The zero-order chi connectivity index (χ0) is 12.3. The van der Waals surface area contributed by atoms with Gasteiger partial charge < -0.3 is 11.1 Å². The van der Waals surface area contributed by atoms with Gasteiger partial charge in [-0.3, -0.25) is 0 Å². The van der Waals surface area contributed by atoms with Crippen LogP contribution in [-0.4, -0.2) is 21.2 Å². The van der Waals surface area contributed by atoms with Gasteiger partial charge in [0.05, 0.1) is 11.8 Å². The Kier molecular flexibility index (Phi) is 3.89. The normalized spacial score (nSPS) is 24.3. The van der Waals surface area contributed by atoms with Gasteiger partial charge in [-0.15, -0.1) is 5.10 Å². The number of hydrogen-bond donors (Lipinski definition) is 2. The van der Waals surface area contributed by atoms with Crippen LogP contribution in [0.4, 0.5) is 5.82 Å². The smallest absolute Gasteiger partial charge is 0.159 e. The average Bonchev–Trinajstić information content (AvgIpc) is 2.32. The molecule has 4 nitrogen and oxygen atoms in total. The van der Waals surface area contributed by atoms with Crippen LogP contribution in [0.5, 0.6) is 0 Å². The van der Waals surface area contributed by atoms with Crippen molar-refractivity contribution in [2.45, 2.75) is 38.6 Å². The van der Waals surface area contributed by atoms with Crippen molar-refractivity contribution in [3.05, 3.63) is 17.8 Å². The molecule has 1 aliphatic rings. The van der Waals surface area contributed by atoms with Crippen LogP contribution in [0.1, 0.15) is 38.2 Å². The zero-order valence-electron chi connectivity index (χ0n) is 10.0. The van der Waals surface area contributed by atoms with E-state index >= 15 is 0 Å². The Hall–Kier alpha value is -1.23. The zero-order valence-corrected chi connectivity index (χ0v) is 10.8. The van der Waals surface area contributed by atoms with E-state index in [0.29, 0.717) is 11.0 Å². The minimum Gasteiger partial charge on any atom is -0.389 e. The number of nitrogens with two attached hydrogens (primary N) is 1. The molecule has 3 N–H and O–H groups in total. The van der Waals surface area contributed by atoms with Gasteiger partial charge in [0.25, 0.3) is 0 Å². The van der Waals surface area contributed by atoms with Crippen molar-refractivity contribution in [2.24, 2.45) is 11.7 Å². The van der Waals surface area contributed by atoms with E-state index in [1.165, 1.54) is 25.7 Å². The van der Waals surface area contributed by atoms with E-state index in [0.717, 1.165) is 17.3 Å². The summed E-state index contributed by atoms with van der Waals surface area (Å²) in [5.41, 5.74) is 6.45.